The van der Waals surface area contributed by atoms with Gasteiger partial charge in [0.15, 0.2) is 5.78 Å². The Bertz CT molecular complexity index is 264. The minimum atomic E-state index is -0.750. The van der Waals surface area contributed by atoms with Crippen LogP contribution < -0.4 is 0 Å². The highest BCUT2D eigenvalue weighted by Gasteiger charge is 2.33. The lowest BCUT2D eigenvalue weighted by molar-refractivity contribution is -0.146. The lowest BCUT2D eigenvalue weighted by atomic mass is 9.86. The zero-order chi connectivity index (χ0) is 15.1. The lowest BCUT2D eigenvalue weighted by Gasteiger charge is -2.29. The van der Waals surface area contributed by atoms with Crippen LogP contribution in [0.4, 0.5) is 0 Å². The van der Waals surface area contributed by atoms with Gasteiger partial charge < -0.3 is 9.84 Å². The second kappa shape index (κ2) is 8.01. The molecule has 3 nitrogen and oxygen atoms in total. The quantitative estimate of drug-likeness (QED) is 0.659. The number of ketones is 1. The molecule has 0 heterocycles. The van der Waals surface area contributed by atoms with Crippen molar-refractivity contribution in [1.82, 2.24) is 0 Å². The van der Waals surface area contributed by atoms with Gasteiger partial charge in [0.25, 0.3) is 0 Å². The molecule has 0 bridgehead atoms. The number of carbonyl (C=O) groups is 1. The second-order valence-electron chi connectivity index (χ2n) is 6.53. The van der Waals surface area contributed by atoms with E-state index in [0.717, 1.165) is 25.7 Å². The maximum atomic E-state index is 12.5. The fourth-order valence-electron chi connectivity index (χ4n) is 2.09. The van der Waals surface area contributed by atoms with E-state index in [1.807, 2.05) is 13.8 Å². The highest BCUT2D eigenvalue weighted by atomic mass is 16.5. The minimum Gasteiger partial charge on any atom is -0.390 e. The maximum Gasteiger partial charge on any atom is 0.167 e. The Morgan fingerprint density at radius 1 is 1.21 bits per heavy atom. The van der Waals surface area contributed by atoms with E-state index in [9.17, 15) is 9.90 Å². The summed E-state index contributed by atoms with van der Waals surface area (Å²) in [4.78, 5) is 12.5. The zero-order valence-corrected chi connectivity index (χ0v) is 13.6. The van der Waals surface area contributed by atoms with Crippen LogP contribution in [0.15, 0.2) is 0 Å². The molecule has 0 spiro atoms. The normalized spacial score (nSPS) is 14.5. The molecule has 1 unspecified atom stereocenters. The summed E-state index contributed by atoms with van der Waals surface area (Å²) in [6, 6.07) is 0. The van der Waals surface area contributed by atoms with Crippen molar-refractivity contribution in [3.63, 3.8) is 0 Å². The Morgan fingerprint density at radius 3 is 2.21 bits per heavy atom. The number of aliphatic hydroxyl groups is 1. The molecule has 0 saturated carbocycles. The number of unbranched alkanes of at least 4 members (excludes halogenated alkanes) is 1. The van der Waals surface area contributed by atoms with Gasteiger partial charge in [-0.25, -0.2) is 0 Å². The van der Waals surface area contributed by atoms with Crippen LogP contribution in [-0.4, -0.2) is 28.7 Å². The first-order chi connectivity index (χ1) is 8.64. The molecule has 0 rings (SSSR count). The number of Topliss-reactive ketones (excluding diaryl/α,β-unsaturated/α-hetero) is 1. The predicted molar refractivity (Wildman–Crippen MR) is 79.3 cm³/mol. The summed E-state index contributed by atoms with van der Waals surface area (Å²) < 4.78 is 5.72. The van der Waals surface area contributed by atoms with Crippen LogP contribution >= 0.6 is 0 Å². The number of carbonyl (C=O) groups excluding carboxylic acids is 1. The van der Waals surface area contributed by atoms with E-state index in [2.05, 4.69) is 13.8 Å². The van der Waals surface area contributed by atoms with Gasteiger partial charge in [0.05, 0.1) is 12.2 Å². The Hall–Kier alpha value is -0.410. The van der Waals surface area contributed by atoms with E-state index in [0.29, 0.717) is 13.0 Å². The Balaban J connectivity index is 4.39. The molecule has 0 aliphatic rings. The summed E-state index contributed by atoms with van der Waals surface area (Å²) in [5.41, 5.74) is -1.49. The van der Waals surface area contributed by atoms with Crippen LogP contribution in [-0.2, 0) is 9.53 Å². The smallest absolute Gasteiger partial charge is 0.167 e. The molecule has 0 aromatic carbocycles. The highest BCUT2D eigenvalue weighted by molar-refractivity contribution is 5.88. The third kappa shape index (κ3) is 7.68. The molecule has 1 N–H and O–H groups in total. The van der Waals surface area contributed by atoms with Crippen LogP contribution in [0.2, 0.25) is 0 Å². The summed E-state index contributed by atoms with van der Waals surface area (Å²) in [5.74, 6) is 0.288. The van der Waals surface area contributed by atoms with Crippen LogP contribution in [0.5, 0.6) is 0 Å². The van der Waals surface area contributed by atoms with Crippen molar-refractivity contribution < 1.29 is 14.6 Å². The first-order valence-electron chi connectivity index (χ1n) is 7.54. The first-order valence-corrected chi connectivity index (χ1v) is 7.54. The molecule has 0 fully saturated rings. The summed E-state index contributed by atoms with van der Waals surface area (Å²) in [5, 5.41) is 9.66. The van der Waals surface area contributed by atoms with Crippen LogP contribution in [0.1, 0.15) is 73.6 Å². The van der Waals surface area contributed by atoms with Crippen molar-refractivity contribution in [2.75, 3.05) is 6.61 Å². The fourth-order valence-corrected chi connectivity index (χ4v) is 2.09. The Labute approximate surface area is 118 Å². The van der Waals surface area contributed by atoms with E-state index < -0.39 is 11.2 Å². The molecule has 19 heavy (non-hydrogen) atoms. The molecule has 0 aliphatic heterocycles. The number of hydrogen-bond donors (Lipinski definition) is 1. The van der Waals surface area contributed by atoms with Gasteiger partial charge in [-0.05, 0) is 47.0 Å². The van der Waals surface area contributed by atoms with Crippen LogP contribution in [0.3, 0.4) is 0 Å². The molecule has 1 atom stereocenters. The molecule has 0 amide bonds. The Morgan fingerprint density at radius 2 is 1.79 bits per heavy atom. The van der Waals surface area contributed by atoms with Gasteiger partial charge >= 0.3 is 0 Å². The van der Waals surface area contributed by atoms with Crippen molar-refractivity contribution in [3.05, 3.63) is 0 Å². The average Bonchev–Trinajstić information content (AvgIpc) is 2.27. The van der Waals surface area contributed by atoms with Crippen molar-refractivity contribution in [3.8, 4) is 0 Å². The van der Waals surface area contributed by atoms with Gasteiger partial charge in [-0.2, -0.15) is 0 Å². The van der Waals surface area contributed by atoms with Crippen molar-refractivity contribution in [2.24, 2.45) is 5.92 Å². The van der Waals surface area contributed by atoms with E-state index in [4.69, 9.17) is 4.74 Å². The molecule has 0 aromatic heterocycles. The topological polar surface area (TPSA) is 46.5 Å². The van der Waals surface area contributed by atoms with Gasteiger partial charge in [0.2, 0.25) is 0 Å². The molecular weight excluding hydrogens is 240 g/mol. The Kier molecular flexibility index (Phi) is 7.83. The predicted octanol–water partition coefficient (Wildman–Crippen LogP) is 3.73. The monoisotopic (exact) mass is 272 g/mol. The largest absolute Gasteiger partial charge is 0.390 e. The van der Waals surface area contributed by atoms with E-state index in [1.54, 1.807) is 13.8 Å². The lowest BCUT2D eigenvalue weighted by Crippen LogP contribution is -2.40. The molecule has 0 aromatic rings. The van der Waals surface area contributed by atoms with Crippen molar-refractivity contribution in [2.45, 2.75) is 84.8 Å². The minimum absolute atomic E-state index is 0.0945. The molecule has 0 aliphatic carbocycles. The standard InChI is InChI=1S/C16H32O3/c1-7-9-10-13(8-2)14(17)16(5,6)19-12-11-15(3,4)18/h13,18H,7-12H2,1-6H3. The van der Waals surface area contributed by atoms with Crippen molar-refractivity contribution in [1.29, 1.82) is 0 Å². The average molecular weight is 272 g/mol. The molecular formula is C16H32O3. The molecule has 114 valence electrons. The highest BCUT2D eigenvalue weighted by Crippen LogP contribution is 2.24. The van der Waals surface area contributed by atoms with E-state index in [1.165, 1.54) is 0 Å². The van der Waals surface area contributed by atoms with Crippen LogP contribution in [0, 0.1) is 5.92 Å². The van der Waals surface area contributed by atoms with E-state index >= 15 is 0 Å². The van der Waals surface area contributed by atoms with Gasteiger partial charge in [-0.1, -0.05) is 26.7 Å². The van der Waals surface area contributed by atoms with Gasteiger partial charge in [-0.15, -0.1) is 0 Å². The summed E-state index contributed by atoms with van der Waals surface area (Å²) in [6.07, 6.45) is 4.56. The molecule has 0 radical (unpaired) electrons. The SMILES string of the molecule is CCCCC(CC)C(=O)C(C)(C)OCCC(C)(C)O. The van der Waals surface area contributed by atoms with Gasteiger partial charge in [0, 0.05) is 5.92 Å². The van der Waals surface area contributed by atoms with Crippen molar-refractivity contribution >= 4 is 5.78 Å². The van der Waals surface area contributed by atoms with Gasteiger partial charge in [-0.3, -0.25) is 4.79 Å². The number of ether oxygens (including phenoxy) is 1. The van der Waals surface area contributed by atoms with Crippen LogP contribution in [0.25, 0.3) is 0 Å². The third-order valence-electron chi connectivity index (χ3n) is 3.54. The molecule has 3 heteroatoms. The van der Waals surface area contributed by atoms with E-state index in [-0.39, 0.29) is 11.7 Å². The number of hydrogen-bond acceptors (Lipinski definition) is 3. The summed E-state index contributed by atoms with van der Waals surface area (Å²) in [7, 11) is 0. The zero-order valence-electron chi connectivity index (χ0n) is 13.6. The first kappa shape index (κ1) is 18.6. The summed E-state index contributed by atoms with van der Waals surface area (Å²) in [6.45, 7) is 11.8. The third-order valence-corrected chi connectivity index (χ3v) is 3.54. The number of rotatable bonds is 10. The fraction of sp³-hybridized carbons (Fsp3) is 0.938. The van der Waals surface area contributed by atoms with Gasteiger partial charge in [0.1, 0.15) is 5.60 Å². The summed E-state index contributed by atoms with van der Waals surface area (Å²) >= 11 is 0. The maximum absolute atomic E-state index is 12.5. The second-order valence-corrected chi connectivity index (χ2v) is 6.53. The molecule has 0 saturated heterocycles.